The number of hydrogen-bond acceptors (Lipinski definition) is 7. The number of nitrogens with zero attached hydrogens (tertiary/aromatic N) is 3. The third-order valence-electron chi connectivity index (χ3n) is 3.42. The Kier molecular flexibility index (Phi) is 6.18. The maximum atomic E-state index is 12.3. The Bertz CT molecular complexity index is 617. The molecular formula is C12H20N4O3S3. The molecule has 2 heterocycles. The Morgan fingerprint density at radius 1 is 1.45 bits per heavy atom. The Morgan fingerprint density at radius 3 is 2.91 bits per heavy atom. The van der Waals surface area contributed by atoms with E-state index < -0.39 is 10.0 Å². The number of rotatable bonds is 6. The number of piperidine rings is 1. The van der Waals surface area contributed by atoms with Crippen LogP contribution in [0, 0.1) is 5.92 Å². The van der Waals surface area contributed by atoms with Crippen LogP contribution in [0.5, 0.6) is 0 Å². The minimum absolute atomic E-state index is 0.0648. The highest BCUT2D eigenvalue weighted by Gasteiger charge is 2.31. The molecule has 1 unspecified atom stereocenters. The molecule has 7 nitrogen and oxygen atoms in total. The smallest absolute Gasteiger partial charge is 0.230 e. The van der Waals surface area contributed by atoms with Crippen LogP contribution < -0.4 is 5.32 Å². The molecule has 22 heavy (non-hydrogen) atoms. The summed E-state index contributed by atoms with van der Waals surface area (Å²) in [6.45, 7) is 4.38. The van der Waals surface area contributed by atoms with Crippen LogP contribution in [0.1, 0.15) is 26.7 Å². The van der Waals surface area contributed by atoms with Crippen LogP contribution in [-0.2, 0) is 14.8 Å². The number of aromatic nitrogens is 2. The van der Waals surface area contributed by atoms with Crippen LogP contribution in [-0.4, -0.2) is 53.4 Å². The first kappa shape index (κ1) is 17.6. The summed E-state index contributed by atoms with van der Waals surface area (Å²) in [5, 5.41) is 11.1. The van der Waals surface area contributed by atoms with Gasteiger partial charge in [0.25, 0.3) is 0 Å². The number of carbonyl (C=O) groups excluding carboxylic acids is 1. The molecule has 1 aliphatic heterocycles. The van der Waals surface area contributed by atoms with Crippen molar-refractivity contribution in [2.24, 2.45) is 5.92 Å². The number of carbonyl (C=O) groups is 1. The highest BCUT2D eigenvalue weighted by Crippen LogP contribution is 2.26. The molecule has 1 aromatic heterocycles. The fraction of sp³-hybridized carbons (Fsp3) is 0.750. The summed E-state index contributed by atoms with van der Waals surface area (Å²) >= 11 is 2.91. The van der Waals surface area contributed by atoms with Crippen molar-refractivity contribution < 1.29 is 13.2 Å². The van der Waals surface area contributed by atoms with Crippen molar-refractivity contribution in [2.45, 2.75) is 31.0 Å². The highest BCUT2D eigenvalue weighted by atomic mass is 32.2. The normalized spacial score (nSPS) is 20.0. The average molecular weight is 365 g/mol. The van der Waals surface area contributed by atoms with Crippen molar-refractivity contribution in [3.63, 3.8) is 0 Å². The monoisotopic (exact) mass is 364 g/mol. The molecule has 0 radical (unpaired) electrons. The zero-order chi connectivity index (χ0) is 16.2. The summed E-state index contributed by atoms with van der Waals surface area (Å²) in [7, 11) is -3.24. The van der Waals surface area contributed by atoms with Gasteiger partial charge in [-0.05, 0) is 25.5 Å². The summed E-state index contributed by atoms with van der Waals surface area (Å²) in [6.07, 6.45) is 1.39. The van der Waals surface area contributed by atoms with E-state index in [1.165, 1.54) is 15.6 Å². The van der Waals surface area contributed by atoms with Gasteiger partial charge in [0.15, 0.2) is 4.34 Å². The standard InChI is InChI=1S/C12H20N4O3S3/c1-3-20-12-15-14-11(21-12)13-10(17)9-6-5-7-16(8-9)22(18,19)4-2/h9H,3-8H2,1-2H3,(H,13,14,17). The summed E-state index contributed by atoms with van der Waals surface area (Å²) in [6, 6.07) is 0. The lowest BCUT2D eigenvalue weighted by molar-refractivity contribution is -0.120. The van der Waals surface area contributed by atoms with Gasteiger partial charge in [-0.15, -0.1) is 10.2 Å². The van der Waals surface area contributed by atoms with Gasteiger partial charge in [0.2, 0.25) is 21.1 Å². The first-order chi connectivity index (χ1) is 10.5. The average Bonchev–Trinajstić information content (AvgIpc) is 2.95. The topological polar surface area (TPSA) is 92.3 Å². The molecule has 0 aliphatic carbocycles. The third-order valence-corrected chi connectivity index (χ3v) is 7.12. The lowest BCUT2D eigenvalue weighted by atomic mass is 9.99. The number of anilines is 1. The molecular weight excluding hydrogens is 344 g/mol. The SMILES string of the molecule is CCSc1nnc(NC(=O)C2CCCN(S(=O)(=O)CC)C2)s1. The Hall–Kier alpha value is -0.710. The molecule has 124 valence electrons. The van der Waals surface area contributed by atoms with Crippen LogP contribution in [0.4, 0.5) is 5.13 Å². The second-order valence-electron chi connectivity index (χ2n) is 4.89. The van der Waals surface area contributed by atoms with Gasteiger partial charge in [0, 0.05) is 13.1 Å². The highest BCUT2D eigenvalue weighted by molar-refractivity contribution is 8.01. The van der Waals surface area contributed by atoms with E-state index in [1.807, 2.05) is 6.92 Å². The van der Waals surface area contributed by atoms with E-state index in [-0.39, 0.29) is 24.1 Å². The second-order valence-corrected chi connectivity index (χ2v) is 9.64. The van der Waals surface area contributed by atoms with Crippen molar-refractivity contribution in [3.05, 3.63) is 0 Å². The zero-order valence-electron chi connectivity index (χ0n) is 12.6. The van der Waals surface area contributed by atoms with Gasteiger partial charge in [-0.25, -0.2) is 12.7 Å². The van der Waals surface area contributed by atoms with Crippen molar-refractivity contribution in [2.75, 3.05) is 29.9 Å². The molecule has 2 rings (SSSR count). The van der Waals surface area contributed by atoms with Crippen LogP contribution >= 0.6 is 23.1 Å². The molecule has 1 aliphatic rings. The Morgan fingerprint density at radius 2 is 2.23 bits per heavy atom. The quantitative estimate of drug-likeness (QED) is 0.609. The maximum Gasteiger partial charge on any atom is 0.230 e. The van der Waals surface area contributed by atoms with Crippen molar-refractivity contribution >= 4 is 44.2 Å². The van der Waals surface area contributed by atoms with E-state index in [9.17, 15) is 13.2 Å². The molecule has 1 fully saturated rings. The molecule has 0 saturated carbocycles. The molecule has 0 aromatic carbocycles. The van der Waals surface area contributed by atoms with Gasteiger partial charge in [0.1, 0.15) is 0 Å². The molecule has 1 aromatic rings. The van der Waals surface area contributed by atoms with Gasteiger partial charge < -0.3 is 5.32 Å². The first-order valence-electron chi connectivity index (χ1n) is 7.21. The summed E-state index contributed by atoms with van der Waals surface area (Å²) < 4.78 is 26.1. The Balaban J connectivity index is 1.96. The second kappa shape index (κ2) is 7.71. The maximum absolute atomic E-state index is 12.3. The fourth-order valence-electron chi connectivity index (χ4n) is 2.24. The number of thioether (sulfide) groups is 1. The molecule has 1 N–H and O–H groups in total. The number of amides is 1. The van der Waals surface area contributed by atoms with Gasteiger partial charge in [-0.2, -0.15) is 0 Å². The van der Waals surface area contributed by atoms with Crippen LogP contribution in [0.15, 0.2) is 4.34 Å². The third kappa shape index (κ3) is 4.40. The Labute approximate surface area is 138 Å². The van der Waals surface area contributed by atoms with E-state index in [4.69, 9.17) is 0 Å². The number of sulfonamides is 1. The fourth-order valence-corrected chi connectivity index (χ4v) is 5.07. The van der Waals surface area contributed by atoms with Crippen molar-refractivity contribution in [3.8, 4) is 0 Å². The van der Waals surface area contributed by atoms with E-state index in [2.05, 4.69) is 15.5 Å². The molecule has 0 spiro atoms. The number of hydrogen-bond donors (Lipinski definition) is 1. The van der Waals surface area contributed by atoms with Crippen molar-refractivity contribution in [1.82, 2.24) is 14.5 Å². The minimum atomic E-state index is -3.24. The largest absolute Gasteiger partial charge is 0.300 e. The van der Waals surface area contributed by atoms with E-state index in [0.717, 1.165) is 10.1 Å². The predicted octanol–water partition coefficient (Wildman–Crippen LogP) is 1.65. The molecule has 1 atom stereocenters. The summed E-state index contributed by atoms with van der Waals surface area (Å²) in [5.74, 6) is 0.450. The van der Waals surface area contributed by atoms with Crippen molar-refractivity contribution in [1.29, 1.82) is 0 Å². The van der Waals surface area contributed by atoms with E-state index >= 15 is 0 Å². The summed E-state index contributed by atoms with van der Waals surface area (Å²) in [4.78, 5) is 12.3. The molecule has 1 amide bonds. The van der Waals surface area contributed by atoms with Crippen LogP contribution in [0.2, 0.25) is 0 Å². The summed E-state index contributed by atoms with van der Waals surface area (Å²) in [5.41, 5.74) is 0. The van der Waals surface area contributed by atoms with Gasteiger partial charge in [-0.3, -0.25) is 4.79 Å². The van der Waals surface area contributed by atoms with E-state index in [0.29, 0.717) is 24.5 Å². The molecule has 1 saturated heterocycles. The number of nitrogens with one attached hydrogen (secondary N) is 1. The lowest BCUT2D eigenvalue weighted by Gasteiger charge is -2.30. The van der Waals surface area contributed by atoms with Gasteiger partial charge >= 0.3 is 0 Å². The predicted molar refractivity (Wildman–Crippen MR) is 88.7 cm³/mol. The minimum Gasteiger partial charge on any atom is -0.300 e. The van der Waals surface area contributed by atoms with Gasteiger partial charge in [0.05, 0.1) is 11.7 Å². The lowest BCUT2D eigenvalue weighted by Crippen LogP contribution is -2.44. The van der Waals surface area contributed by atoms with Crippen LogP contribution in [0.3, 0.4) is 0 Å². The molecule has 10 heteroatoms. The zero-order valence-corrected chi connectivity index (χ0v) is 15.1. The first-order valence-corrected chi connectivity index (χ1v) is 10.6. The van der Waals surface area contributed by atoms with Crippen LogP contribution in [0.25, 0.3) is 0 Å². The van der Waals surface area contributed by atoms with E-state index in [1.54, 1.807) is 18.7 Å². The molecule has 0 bridgehead atoms. The van der Waals surface area contributed by atoms with Gasteiger partial charge in [-0.1, -0.05) is 30.0 Å².